The third-order valence-corrected chi connectivity index (χ3v) is 3.03. The summed E-state index contributed by atoms with van der Waals surface area (Å²) in [5.74, 6) is 0.0240. The topological polar surface area (TPSA) is 29.1 Å². The Morgan fingerprint density at radius 3 is 3.08 bits per heavy atom. The van der Waals surface area contributed by atoms with Crippen molar-refractivity contribution >= 4 is 33.2 Å². The number of halogens is 1. The summed E-state index contributed by atoms with van der Waals surface area (Å²) in [5.41, 5.74) is 0. The zero-order chi connectivity index (χ0) is 8.97. The first-order chi connectivity index (χ1) is 5.74. The Bertz CT molecular complexity index is 248. The lowest BCUT2D eigenvalue weighted by Gasteiger charge is -2.10. The molecule has 1 N–H and O–H groups in total. The summed E-state index contributed by atoms with van der Waals surface area (Å²) >= 11 is 4.75. The number of carbonyl (C=O) groups is 1. The molecule has 4 heteroatoms. The smallest absolute Gasteiger partial charge is 0.231 e. The quantitative estimate of drug-likeness (QED) is 0.817. The van der Waals surface area contributed by atoms with E-state index in [9.17, 15) is 4.79 Å². The van der Waals surface area contributed by atoms with Crippen LogP contribution in [0.3, 0.4) is 0 Å². The van der Waals surface area contributed by atoms with E-state index in [0.29, 0.717) is 5.33 Å². The SMILES string of the molecule is C[C@H](NC(=O)CBr)c1cccs1. The molecule has 0 aliphatic heterocycles. The van der Waals surface area contributed by atoms with Crippen molar-refractivity contribution in [1.82, 2.24) is 5.32 Å². The van der Waals surface area contributed by atoms with Crippen molar-refractivity contribution < 1.29 is 4.79 Å². The van der Waals surface area contributed by atoms with Crippen LogP contribution in [0, 0.1) is 0 Å². The fraction of sp³-hybridized carbons (Fsp3) is 0.375. The molecule has 0 saturated carbocycles. The molecule has 66 valence electrons. The van der Waals surface area contributed by atoms with E-state index in [1.54, 1.807) is 11.3 Å². The molecular weight excluding hydrogens is 238 g/mol. The van der Waals surface area contributed by atoms with E-state index in [1.165, 1.54) is 4.88 Å². The fourth-order valence-electron chi connectivity index (χ4n) is 0.889. The van der Waals surface area contributed by atoms with E-state index >= 15 is 0 Å². The van der Waals surface area contributed by atoms with Crippen LogP contribution in [0.15, 0.2) is 17.5 Å². The summed E-state index contributed by atoms with van der Waals surface area (Å²) in [4.78, 5) is 12.1. The monoisotopic (exact) mass is 247 g/mol. The second-order valence-corrected chi connectivity index (χ2v) is 3.98. The van der Waals surface area contributed by atoms with Gasteiger partial charge in [-0.05, 0) is 18.4 Å². The van der Waals surface area contributed by atoms with Gasteiger partial charge in [-0.1, -0.05) is 22.0 Å². The average molecular weight is 248 g/mol. The highest BCUT2D eigenvalue weighted by molar-refractivity contribution is 9.09. The minimum absolute atomic E-state index is 0.0240. The third-order valence-electron chi connectivity index (χ3n) is 1.47. The van der Waals surface area contributed by atoms with Crippen molar-refractivity contribution in [3.63, 3.8) is 0 Å². The number of nitrogens with one attached hydrogen (secondary N) is 1. The van der Waals surface area contributed by atoms with Gasteiger partial charge in [0.15, 0.2) is 0 Å². The van der Waals surface area contributed by atoms with Gasteiger partial charge in [-0.25, -0.2) is 0 Å². The van der Waals surface area contributed by atoms with Gasteiger partial charge in [-0.2, -0.15) is 0 Å². The molecule has 0 saturated heterocycles. The Hall–Kier alpha value is -0.350. The number of hydrogen-bond donors (Lipinski definition) is 1. The van der Waals surface area contributed by atoms with Crippen LogP contribution in [0.5, 0.6) is 0 Å². The zero-order valence-electron chi connectivity index (χ0n) is 6.71. The van der Waals surface area contributed by atoms with Crippen LogP contribution in [-0.4, -0.2) is 11.2 Å². The van der Waals surface area contributed by atoms with Crippen LogP contribution in [0.25, 0.3) is 0 Å². The molecular formula is C8H10BrNOS. The zero-order valence-corrected chi connectivity index (χ0v) is 9.11. The molecule has 0 fully saturated rings. The van der Waals surface area contributed by atoms with Gasteiger partial charge in [-0.3, -0.25) is 4.79 Å². The second kappa shape index (κ2) is 4.62. The molecule has 0 aromatic carbocycles. The highest BCUT2D eigenvalue weighted by atomic mass is 79.9. The summed E-state index contributed by atoms with van der Waals surface area (Å²) in [6, 6.07) is 4.12. The minimum Gasteiger partial charge on any atom is -0.348 e. The first-order valence-corrected chi connectivity index (χ1v) is 5.63. The fourth-order valence-corrected chi connectivity index (χ4v) is 1.79. The molecule has 1 aromatic rings. The van der Waals surface area contributed by atoms with Gasteiger partial charge in [0.2, 0.25) is 5.91 Å². The molecule has 1 atom stereocenters. The molecule has 12 heavy (non-hydrogen) atoms. The highest BCUT2D eigenvalue weighted by Gasteiger charge is 2.08. The van der Waals surface area contributed by atoms with Crippen LogP contribution in [0.4, 0.5) is 0 Å². The molecule has 0 spiro atoms. The standard InChI is InChI=1S/C8H10BrNOS/c1-6(10-8(11)5-9)7-3-2-4-12-7/h2-4,6H,5H2,1H3,(H,10,11)/t6-/m0/s1. The van der Waals surface area contributed by atoms with Crippen molar-refractivity contribution in [2.75, 3.05) is 5.33 Å². The number of hydrogen-bond acceptors (Lipinski definition) is 2. The molecule has 1 aromatic heterocycles. The summed E-state index contributed by atoms with van der Waals surface area (Å²) in [7, 11) is 0. The van der Waals surface area contributed by atoms with E-state index in [1.807, 2.05) is 24.4 Å². The Kier molecular flexibility index (Phi) is 3.75. The van der Waals surface area contributed by atoms with Gasteiger partial charge in [0, 0.05) is 4.88 Å². The molecule has 0 unspecified atom stereocenters. The molecule has 0 aliphatic rings. The summed E-state index contributed by atoms with van der Waals surface area (Å²) in [6.45, 7) is 1.98. The van der Waals surface area contributed by atoms with E-state index in [-0.39, 0.29) is 11.9 Å². The first kappa shape index (κ1) is 9.74. The molecule has 1 heterocycles. The van der Waals surface area contributed by atoms with Gasteiger partial charge in [-0.15, -0.1) is 11.3 Å². The second-order valence-electron chi connectivity index (χ2n) is 2.44. The molecule has 0 radical (unpaired) electrons. The number of amides is 1. The lowest BCUT2D eigenvalue weighted by Crippen LogP contribution is -2.26. The van der Waals surface area contributed by atoms with Crippen molar-refractivity contribution in [2.24, 2.45) is 0 Å². The van der Waals surface area contributed by atoms with Crippen LogP contribution in [0.1, 0.15) is 17.8 Å². The predicted molar refractivity (Wildman–Crippen MR) is 54.7 cm³/mol. The van der Waals surface area contributed by atoms with Crippen molar-refractivity contribution in [1.29, 1.82) is 0 Å². The maximum absolute atomic E-state index is 11.0. The van der Waals surface area contributed by atoms with E-state index in [2.05, 4.69) is 21.2 Å². The number of thiophene rings is 1. The van der Waals surface area contributed by atoms with Gasteiger partial charge >= 0.3 is 0 Å². The Morgan fingerprint density at radius 2 is 2.58 bits per heavy atom. The van der Waals surface area contributed by atoms with Gasteiger partial charge in [0.05, 0.1) is 11.4 Å². The summed E-state index contributed by atoms with van der Waals surface area (Å²) in [6.07, 6.45) is 0. The van der Waals surface area contributed by atoms with Crippen molar-refractivity contribution in [3.8, 4) is 0 Å². The van der Waals surface area contributed by atoms with E-state index in [4.69, 9.17) is 0 Å². The number of rotatable bonds is 3. The van der Waals surface area contributed by atoms with Crippen molar-refractivity contribution in [2.45, 2.75) is 13.0 Å². The Morgan fingerprint density at radius 1 is 1.83 bits per heavy atom. The van der Waals surface area contributed by atoms with Crippen LogP contribution >= 0.6 is 27.3 Å². The minimum atomic E-state index is 0.0240. The van der Waals surface area contributed by atoms with Gasteiger partial charge in [0.1, 0.15) is 0 Å². The first-order valence-electron chi connectivity index (χ1n) is 3.62. The molecule has 1 rings (SSSR count). The highest BCUT2D eigenvalue weighted by Crippen LogP contribution is 2.17. The van der Waals surface area contributed by atoms with E-state index in [0.717, 1.165) is 0 Å². The molecule has 0 aliphatic carbocycles. The average Bonchev–Trinajstić information content (AvgIpc) is 2.56. The van der Waals surface area contributed by atoms with Crippen LogP contribution in [0.2, 0.25) is 0 Å². The Balaban J connectivity index is 2.49. The maximum atomic E-state index is 11.0. The normalized spacial score (nSPS) is 12.5. The molecule has 1 amide bonds. The number of alkyl halides is 1. The van der Waals surface area contributed by atoms with Gasteiger partial charge < -0.3 is 5.32 Å². The predicted octanol–water partition coefficient (Wildman–Crippen LogP) is 2.32. The molecule has 0 bridgehead atoms. The number of carbonyl (C=O) groups excluding carboxylic acids is 1. The van der Waals surface area contributed by atoms with Crippen LogP contribution < -0.4 is 5.32 Å². The lowest BCUT2D eigenvalue weighted by atomic mass is 10.3. The Labute approximate surface area is 84.1 Å². The summed E-state index contributed by atoms with van der Waals surface area (Å²) in [5, 5.41) is 5.23. The summed E-state index contributed by atoms with van der Waals surface area (Å²) < 4.78 is 0. The maximum Gasteiger partial charge on any atom is 0.231 e. The largest absolute Gasteiger partial charge is 0.348 e. The third kappa shape index (κ3) is 2.60. The van der Waals surface area contributed by atoms with Crippen LogP contribution in [-0.2, 0) is 4.79 Å². The van der Waals surface area contributed by atoms with Gasteiger partial charge in [0.25, 0.3) is 0 Å². The van der Waals surface area contributed by atoms with Crippen molar-refractivity contribution in [3.05, 3.63) is 22.4 Å². The van der Waals surface area contributed by atoms with E-state index < -0.39 is 0 Å². The lowest BCUT2D eigenvalue weighted by molar-refractivity contribution is -0.119. The molecule has 2 nitrogen and oxygen atoms in total.